The lowest BCUT2D eigenvalue weighted by molar-refractivity contribution is 0.264. The summed E-state index contributed by atoms with van der Waals surface area (Å²) in [6.45, 7) is 2.17. The van der Waals surface area contributed by atoms with Crippen LogP contribution in [-0.2, 0) is 6.42 Å². The summed E-state index contributed by atoms with van der Waals surface area (Å²) >= 11 is 0. The molecule has 0 saturated carbocycles. The number of aliphatic hydroxyl groups is 1. The second-order valence-corrected chi connectivity index (χ2v) is 4.11. The maximum Gasteiger partial charge on any atom is 0.123 e. The van der Waals surface area contributed by atoms with Crippen LogP contribution in [0.5, 0.6) is 0 Å². The van der Waals surface area contributed by atoms with Crippen molar-refractivity contribution in [2.24, 2.45) is 0 Å². The number of benzene rings is 1. The van der Waals surface area contributed by atoms with Gasteiger partial charge in [0.2, 0.25) is 0 Å². The van der Waals surface area contributed by atoms with Gasteiger partial charge in [-0.3, -0.25) is 0 Å². The highest BCUT2D eigenvalue weighted by molar-refractivity contribution is 5.16. The lowest BCUT2D eigenvalue weighted by atomic mass is 10.1. The van der Waals surface area contributed by atoms with Crippen LogP contribution in [0, 0.1) is 5.82 Å². The third-order valence-corrected chi connectivity index (χ3v) is 2.62. The van der Waals surface area contributed by atoms with Gasteiger partial charge in [-0.05, 0) is 50.6 Å². The fourth-order valence-electron chi connectivity index (χ4n) is 1.62. The highest BCUT2D eigenvalue weighted by Gasteiger charge is 2.00. The van der Waals surface area contributed by atoms with Crippen LogP contribution in [0.3, 0.4) is 0 Å². The third-order valence-electron chi connectivity index (χ3n) is 2.62. The predicted molar refractivity (Wildman–Crippen MR) is 63.9 cm³/mol. The van der Waals surface area contributed by atoms with Crippen molar-refractivity contribution in [1.82, 2.24) is 4.90 Å². The molecule has 0 aliphatic carbocycles. The van der Waals surface area contributed by atoms with Crippen LogP contribution in [-0.4, -0.2) is 36.8 Å². The molecule has 0 spiro atoms. The number of unbranched alkanes of at least 4 members (excludes halogenated alkanes) is 1. The van der Waals surface area contributed by atoms with E-state index in [0.717, 1.165) is 37.9 Å². The lowest BCUT2D eigenvalue weighted by Gasteiger charge is -2.16. The molecule has 3 heteroatoms. The largest absolute Gasteiger partial charge is 0.396 e. The molecule has 1 rings (SSSR count). The van der Waals surface area contributed by atoms with E-state index >= 15 is 0 Å². The Morgan fingerprint density at radius 1 is 1.25 bits per heavy atom. The van der Waals surface area contributed by atoms with E-state index in [9.17, 15) is 4.39 Å². The fraction of sp³-hybridized carbons (Fsp3) is 0.538. The molecule has 0 amide bonds. The molecular weight excluding hydrogens is 205 g/mol. The number of likely N-dealkylation sites (N-methyl/N-ethyl adjacent to an activating group) is 1. The van der Waals surface area contributed by atoms with Gasteiger partial charge in [-0.1, -0.05) is 12.1 Å². The Morgan fingerprint density at radius 3 is 2.75 bits per heavy atom. The summed E-state index contributed by atoms with van der Waals surface area (Å²) in [5, 5.41) is 8.66. The quantitative estimate of drug-likeness (QED) is 0.718. The van der Waals surface area contributed by atoms with Crippen LogP contribution < -0.4 is 0 Å². The Balaban J connectivity index is 2.23. The molecular formula is C13H20FNO. The van der Waals surface area contributed by atoms with E-state index in [2.05, 4.69) is 11.9 Å². The summed E-state index contributed by atoms with van der Waals surface area (Å²) < 4.78 is 12.9. The molecule has 2 nitrogen and oxygen atoms in total. The Kier molecular flexibility index (Phi) is 6.04. The van der Waals surface area contributed by atoms with Crippen molar-refractivity contribution in [3.63, 3.8) is 0 Å². The summed E-state index contributed by atoms with van der Waals surface area (Å²) in [4.78, 5) is 2.21. The molecule has 16 heavy (non-hydrogen) atoms. The minimum Gasteiger partial charge on any atom is -0.396 e. The summed E-state index contributed by atoms with van der Waals surface area (Å²) in [5.41, 5.74) is 1.04. The zero-order valence-corrected chi connectivity index (χ0v) is 9.82. The van der Waals surface area contributed by atoms with Crippen LogP contribution >= 0.6 is 0 Å². The average Bonchev–Trinajstić information content (AvgIpc) is 2.27. The topological polar surface area (TPSA) is 23.5 Å². The van der Waals surface area contributed by atoms with Crippen molar-refractivity contribution in [2.45, 2.75) is 19.3 Å². The number of aliphatic hydroxyl groups excluding tert-OH is 1. The van der Waals surface area contributed by atoms with E-state index in [1.54, 1.807) is 12.1 Å². The van der Waals surface area contributed by atoms with Crippen LogP contribution in [0.25, 0.3) is 0 Å². The van der Waals surface area contributed by atoms with Crippen molar-refractivity contribution in [1.29, 1.82) is 0 Å². The highest BCUT2D eigenvalue weighted by Crippen LogP contribution is 2.05. The number of hydrogen-bond acceptors (Lipinski definition) is 2. The van der Waals surface area contributed by atoms with Gasteiger partial charge in [0.25, 0.3) is 0 Å². The smallest absolute Gasteiger partial charge is 0.123 e. The van der Waals surface area contributed by atoms with Gasteiger partial charge in [-0.15, -0.1) is 0 Å². The zero-order chi connectivity index (χ0) is 11.8. The fourth-order valence-corrected chi connectivity index (χ4v) is 1.62. The molecule has 1 aromatic carbocycles. The zero-order valence-electron chi connectivity index (χ0n) is 9.82. The average molecular weight is 225 g/mol. The molecule has 90 valence electrons. The minimum atomic E-state index is -0.166. The van der Waals surface area contributed by atoms with Gasteiger partial charge >= 0.3 is 0 Å². The number of rotatable bonds is 7. The van der Waals surface area contributed by atoms with Crippen molar-refractivity contribution in [3.8, 4) is 0 Å². The molecule has 0 heterocycles. The van der Waals surface area contributed by atoms with E-state index in [1.807, 2.05) is 6.07 Å². The molecule has 1 N–H and O–H groups in total. The lowest BCUT2D eigenvalue weighted by Crippen LogP contribution is -2.22. The molecule has 0 aromatic heterocycles. The maximum atomic E-state index is 12.9. The van der Waals surface area contributed by atoms with Crippen LogP contribution in [0.15, 0.2) is 24.3 Å². The molecule has 0 fully saturated rings. The summed E-state index contributed by atoms with van der Waals surface area (Å²) in [6, 6.07) is 6.75. The van der Waals surface area contributed by atoms with E-state index in [0.29, 0.717) is 0 Å². The Morgan fingerprint density at radius 2 is 2.06 bits per heavy atom. The SMILES string of the molecule is CN(CCCCO)CCc1cccc(F)c1. The molecule has 0 aliphatic rings. The maximum absolute atomic E-state index is 12.9. The number of nitrogens with zero attached hydrogens (tertiary/aromatic N) is 1. The first-order valence-corrected chi connectivity index (χ1v) is 5.76. The second kappa shape index (κ2) is 7.36. The molecule has 0 radical (unpaired) electrons. The van der Waals surface area contributed by atoms with Crippen LogP contribution in [0.4, 0.5) is 4.39 Å². The highest BCUT2D eigenvalue weighted by atomic mass is 19.1. The second-order valence-electron chi connectivity index (χ2n) is 4.11. The molecule has 0 unspecified atom stereocenters. The van der Waals surface area contributed by atoms with Crippen molar-refractivity contribution < 1.29 is 9.50 Å². The molecule has 0 aliphatic heterocycles. The molecule has 0 atom stereocenters. The van der Waals surface area contributed by atoms with Crippen LogP contribution in [0.1, 0.15) is 18.4 Å². The number of hydrogen-bond donors (Lipinski definition) is 1. The monoisotopic (exact) mass is 225 g/mol. The first kappa shape index (κ1) is 13.1. The van der Waals surface area contributed by atoms with Gasteiger partial charge in [0.15, 0.2) is 0 Å². The van der Waals surface area contributed by atoms with Gasteiger partial charge in [-0.25, -0.2) is 4.39 Å². The first-order valence-electron chi connectivity index (χ1n) is 5.76. The van der Waals surface area contributed by atoms with Crippen molar-refractivity contribution >= 4 is 0 Å². The van der Waals surface area contributed by atoms with Crippen molar-refractivity contribution in [2.75, 3.05) is 26.7 Å². The summed E-state index contributed by atoms with van der Waals surface area (Å²) in [7, 11) is 2.05. The van der Waals surface area contributed by atoms with E-state index in [4.69, 9.17) is 5.11 Å². The van der Waals surface area contributed by atoms with E-state index < -0.39 is 0 Å². The minimum absolute atomic E-state index is 0.166. The van der Waals surface area contributed by atoms with Gasteiger partial charge < -0.3 is 10.0 Å². The Labute approximate surface area is 96.7 Å². The van der Waals surface area contributed by atoms with Crippen molar-refractivity contribution in [3.05, 3.63) is 35.6 Å². The van der Waals surface area contributed by atoms with E-state index in [-0.39, 0.29) is 12.4 Å². The van der Waals surface area contributed by atoms with Gasteiger partial charge in [0.05, 0.1) is 0 Å². The molecule has 0 bridgehead atoms. The normalized spacial score (nSPS) is 11.0. The van der Waals surface area contributed by atoms with Gasteiger partial charge in [-0.2, -0.15) is 0 Å². The molecule has 0 saturated heterocycles. The first-order chi connectivity index (χ1) is 7.72. The third kappa shape index (κ3) is 5.24. The van der Waals surface area contributed by atoms with E-state index in [1.165, 1.54) is 6.07 Å². The molecule has 1 aromatic rings. The Bertz CT molecular complexity index is 304. The Hall–Kier alpha value is -0.930. The standard InChI is InChI=1S/C13H20FNO/c1-15(8-2-3-10-16)9-7-12-5-4-6-13(14)11-12/h4-6,11,16H,2-3,7-10H2,1H3. The van der Waals surface area contributed by atoms with Gasteiger partial charge in [0, 0.05) is 13.2 Å². The number of halogens is 1. The predicted octanol–water partition coefficient (Wildman–Crippen LogP) is 2.07. The van der Waals surface area contributed by atoms with Gasteiger partial charge in [0.1, 0.15) is 5.82 Å². The summed E-state index contributed by atoms with van der Waals surface area (Å²) in [6.07, 6.45) is 2.73. The van der Waals surface area contributed by atoms with Crippen LogP contribution in [0.2, 0.25) is 0 Å². The summed E-state index contributed by atoms with van der Waals surface area (Å²) in [5.74, 6) is -0.166.